The van der Waals surface area contributed by atoms with E-state index in [1.165, 1.54) is 0 Å². The third-order valence-corrected chi connectivity index (χ3v) is 3.52. The summed E-state index contributed by atoms with van der Waals surface area (Å²) in [4.78, 5) is 11.2. The summed E-state index contributed by atoms with van der Waals surface area (Å²) in [5.74, 6) is -0.312. The Labute approximate surface area is 87.7 Å². The van der Waals surface area contributed by atoms with Crippen LogP contribution >= 0.6 is 0 Å². The van der Waals surface area contributed by atoms with Gasteiger partial charge >= 0.3 is 5.97 Å². The zero-order valence-electron chi connectivity index (χ0n) is 9.97. The van der Waals surface area contributed by atoms with Crippen LogP contribution in [0, 0.1) is 11.3 Å². The molecule has 2 unspecified atom stereocenters. The Balaban J connectivity index is 4.51. The Kier molecular flexibility index (Phi) is 5.82. The van der Waals surface area contributed by atoms with Crippen LogP contribution in [0.2, 0.25) is 0 Å². The molecule has 84 valence electrons. The molecule has 0 aliphatic rings. The van der Waals surface area contributed by atoms with E-state index in [4.69, 9.17) is 0 Å². The van der Waals surface area contributed by atoms with Crippen molar-refractivity contribution in [2.75, 3.05) is 0 Å². The van der Waals surface area contributed by atoms with Crippen molar-refractivity contribution < 1.29 is 9.90 Å². The molecule has 0 spiro atoms. The van der Waals surface area contributed by atoms with Crippen LogP contribution in [0.25, 0.3) is 0 Å². The zero-order valence-corrected chi connectivity index (χ0v) is 9.97. The highest BCUT2D eigenvalue weighted by molar-refractivity contribution is 5.74. The molecular formula is C12H24O2. The van der Waals surface area contributed by atoms with Gasteiger partial charge in [0.25, 0.3) is 0 Å². The van der Waals surface area contributed by atoms with Crippen molar-refractivity contribution in [3.05, 3.63) is 0 Å². The fourth-order valence-corrected chi connectivity index (χ4v) is 2.04. The normalized spacial score (nSPS) is 17.4. The molecule has 2 heteroatoms. The quantitative estimate of drug-likeness (QED) is 0.680. The van der Waals surface area contributed by atoms with Gasteiger partial charge in [-0.05, 0) is 25.7 Å². The lowest BCUT2D eigenvalue weighted by Crippen LogP contribution is -2.35. The van der Waals surface area contributed by atoms with Crippen LogP contribution in [-0.2, 0) is 4.79 Å². The number of unbranched alkanes of at least 4 members (excludes halogenated alkanes) is 1. The van der Waals surface area contributed by atoms with Crippen molar-refractivity contribution in [2.24, 2.45) is 11.3 Å². The first kappa shape index (κ1) is 13.5. The maximum absolute atomic E-state index is 11.2. The largest absolute Gasteiger partial charge is 0.481 e. The topological polar surface area (TPSA) is 37.3 Å². The Hall–Kier alpha value is -0.530. The van der Waals surface area contributed by atoms with Gasteiger partial charge in [-0.3, -0.25) is 4.79 Å². The van der Waals surface area contributed by atoms with E-state index in [2.05, 4.69) is 13.8 Å². The van der Waals surface area contributed by atoms with E-state index in [1.807, 2.05) is 13.8 Å². The molecule has 2 nitrogen and oxygen atoms in total. The third-order valence-electron chi connectivity index (χ3n) is 3.52. The Morgan fingerprint density at radius 3 is 2.21 bits per heavy atom. The van der Waals surface area contributed by atoms with Gasteiger partial charge in [-0.15, -0.1) is 0 Å². The van der Waals surface area contributed by atoms with E-state index in [-0.39, 0.29) is 0 Å². The van der Waals surface area contributed by atoms with Gasteiger partial charge in [0, 0.05) is 0 Å². The molecule has 0 aliphatic carbocycles. The van der Waals surface area contributed by atoms with Crippen LogP contribution in [0.15, 0.2) is 0 Å². The number of rotatable bonds is 7. The minimum atomic E-state index is -0.636. The molecule has 0 saturated carbocycles. The second kappa shape index (κ2) is 6.05. The number of hydrogen-bond donors (Lipinski definition) is 1. The van der Waals surface area contributed by atoms with Crippen molar-refractivity contribution in [3.8, 4) is 0 Å². The third kappa shape index (κ3) is 3.00. The van der Waals surface area contributed by atoms with E-state index >= 15 is 0 Å². The summed E-state index contributed by atoms with van der Waals surface area (Å²) >= 11 is 0. The molecule has 0 fully saturated rings. The molecular weight excluding hydrogens is 176 g/mol. The average molecular weight is 200 g/mol. The van der Waals surface area contributed by atoms with Gasteiger partial charge in [-0.2, -0.15) is 0 Å². The smallest absolute Gasteiger partial charge is 0.309 e. The van der Waals surface area contributed by atoms with Gasteiger partial charge < -0.3 is 5.11 Å². The number of aliphatic carboxylic acids is 1. The summed E-state index contributed by atoms with van der Waals surface area (Å²) < 4.78 is 0. The molecule has 0 heterocycles. The Morgan fingerprint density at radius 1 is 1.36 bits per heavy atom. The van der Waals surface area contributed by atoms with E-state index in [1.54, 1.807) is 0 Å². The predicted molar refractivity (Wildman–Crippen MR) is 59.3 cm³/mol. The first-order valence-corrected chi connectivity index (χ1v) is 5.76. The fourth-order valence-electron chi connectivity index (χ4n) is 2.04. The summed E-state index contributed by atoms with van der Waals surface area (Å²) in [5, 5.41) is 9.23. The molecule has 14 heavy (non-hydrogen) atoms. The lowest BCUT2D eigenvalue weighted by atomic mass is 9.71. The van der Waals surface area contributed by atoms with Crippen LogP contribution in [0.1, 0.15) is 59.8 Å². The second-order valence-corrected chi connectivity index (χ2v) is 4.32. The van der Waals surface area contributed by atoms with Gasteiger partial charge in [0.15, 0.2) is 0 Å². The predicted octanol–water partition coefficient (Wildman–Crippen LogP) is 3.70. The molecule has 0 aromatic heterocycles. The lowest BCUT2D eigenvalue weighted by Gasteiger charge is -2.32. The van der Waals surface area contributed by atoms with Gasteiger partial charge in [0.05, 0.1) is 5.41 Å². The van der Waals surface area contributed by atoms with Gasteiger partial charge in [0.1, 0.15) is 0 Å². The van der Waals surface area contributed by atoms with Crippen molar-refractivity contribution in [1.29, 1.82) is 0 Å². The maximum atomic E-state index is 11.2. The van der Waals surface area contributed by atoms with Crippen molar-refractivity contribution in [2.45, 2.75) is 59.8 Å². The highest BCUT2D eigenvalue weighted by Crippen LogP contribution is 2.37. The molecule has 0 aromatic rings. The molecule has 0 bridgehead atoms. The molecule has 2 atom stereocenters. The van der Waals surface area contributed by atoms with Crippen molar-refractivity contribution in [1.82, 2.24) is 0 Å². The molecule has 0 amide bonds. The molecule has 0 saturated heterocycles. The minimum Gasteiger partial charge on any atom is -0.481 e. The van der Waals surface area contributed by atoms with E-state index < -0.39 is 11.4 Å². The summed E-state index contributed by atoms with van der Waals surface area (Å²) in [6, 6.07) is 0. The average Bonchev–Trinajstić information content (AvgIpc) is 2.18. The first-order valence-electron chi connectivity index (χ1n) is 5.76. The maximum Gasteiger partial charge on any atom is 0.309 e. The minimum absolute atomic E-state index is 0.324. The van der Waals surface area contributed by atoms with E-state index in [9.17, 15) is 9.90 Å². The Morgan fingerprint density at radius 2 is 1.93 bits per heavy atom. The van der Waals surface area contributed by atoms with Crippen LogP contribution in [0.5, 0.6) is 0 Å². The Bertz CT molecular complexity index is 177. The van der Waals surface area contributed by atoms with Crippen LogP contribution in [0.4, 0.5) is 0 Å². The summed E-state index contributed by atoms with van der Waals surface area (Å²) in [6.45, 7) is 8.11. The molecule has 0 aromatic carbocycles. The number of carbonyl (C=O) groups is 1. The van der Waals surface area contributed by atoms with Crippen molar-refractivity contribution >= 4 is 5.97 Å². The van der Waals surface area contributed by atoms with E-state index in [0.717, 1.165) is 32.1 Å². The van der Waals surface area contributed by atoms with Crippen LogP contribution in [0.3, 0.4) is 0 Å². The second-order valence-electron chi connectivity index (χ2n) is 4.32. The first-order chi connectivity index (χ1) is 6.52. The molecule has 0 aliphatic heterocycles. The van der Waals surface area contributed by atoms with E-state index in [0.29, 0.717) is 5.92 Å². The van der Waals surface area contributed by atoms with Gasteiger partial charge in [-0.1, -0.05) is 40.0 Å². The number of hydrogen-bond acceptors (Lipinski definition) is 1. The fraction of sp³-hybridized carbons (Fsp3) is 0.917. The number of carboxylic acid groups (broad SMARTS) is 1. The molecule has 0 rings (SSSR count). The molecule has 0 radical (unpaired) electrons. The highest BCUT2D eigenvalue weighted by atomic mass is 16.4. The van der Waals surface area contributed by atoms with Gasteiger partial charge in [0.2, 0.25) is 0 Å². The monoisotopic (exact) mass is 200 g/mol. The van der Waals surface area contributed by atoms with Crippen molar-refractivity contribution in [3.63, 3.8) is 0 Å². The standard InChI is InChI=1S/C12H24O2/c1-5-8-9-10(6-2)12(4,7-3)11(13)14/h10H,5-9H2,1-4H3,(H,13,14). The molecule has 1 N–H and O–H groups in total. The lowest BCUT2D eigenvalue weighted by molar-refractivity contribution is -0.152. The zero-order chi connectivity index (χ0) is 11.2. The SMILES string of the molecule is CCCCC(CC)C(C)(CC)C(=O)O. The van der Waals surface area contributed by atoms with Gasteiger partial charge in [-0.25, -0.2) is 0 Å². The number of carboxylic acids is 1. The summed E-state index contributed by atoms with van der Waals surface area (Å²) in [5.41, 5.74) is -0.524. The van der Waals surface area contributed by atoms with Crippen LogP contribution < -0.4 is 0 Å². The summed E-state index contributed by atoms with van der Waals surface area (Å²) in [7, 11) is 0. The van der Waals surface area contributed by atoms with Crippen LogP contribution in [-0.4, -0.2) is 11.1 Å². The summed E-state index contributed by atoms with van der Waals surface area (Å²) in [6.07, 6.45) is 5.03. The highest BCUT2D eigenvalue weighted by Gasteiger charge is 2.38.